The van der Waals surface area contributed by atoms with E-state index in [2.05, 4.69) is 4.98 Å². The molecule has 2 nitrogen and oxygen atoms in total. The molecule has 4 heteroatoms. The minimum Gasteiger partial charge on any atom is -0.392 e. The molecule has 0 amide bonds. The van der Waals surface area contributed by atoms with Gasteiger partial charge in [0.05, 0.1) is 12.3 Å². The predicted octanol–water partition coefficient (Wildman–Crippen LogP) is 3.55. The van der Waals surface area contributed by atoms with E-state index >= 15 is 0 Å². The number of hydrogen-bond donors (Lipinski definition) is 1. The second-order valence-electron chi connectivity index (χ2n) is 3.31. The van der Waals surface area contributed by atoms with Crippen LogP contribution in [0.5, 0.6) is 0 Å². The molecule has 16 heavy (non-hydrogen) atoms. The molecule has 1 aromatic carbocycles. The Morgan fingerprint density at radius 2 is 1.69 bits per heavy atom. The Kier molecular flexibility index (Phi) is 3.44. The van der Waals surface area contributed by atoms with Gasteiger partial charge < -0.3 is 5.11 Å². The van der Waals surface area contributed by atoms with Gasteiger partial charge in [-0.2, -0.15) is 0 Å². The molecule has 1 heterocycles. The maximum absolute atomic E-state index is 8.97. The van der Waals surface area contributed by atoms with Crippen LogP contribution >= 0.6 is 23.2 Å². The molecular weight excluding hydrogens is 245 g/mol. The Morgan fingerprint density at radius 3 is 2.25 bits per heavy atom. The lowest BCUT2D eigenvalue weighted by Crippen LogP contribution is -1.90. The van der Waals surface area contributed by atoms with Crippen molar-refractivity contribution in [3.05, 3.63) is 52.1 Å². The summed E-state index contributed by atoms with van der Waals surface area (Å²) in [5, 5.41) is 9.99. The van der Waals surface area contributed by atoms with Gasteiger partial charge in [-0.05, 0) is 18.2 Å². The van der Waals surface area contributed by atoms with Gasteiger partial charge in [-0.25, -0.2) is 4.98 Å². The lowest BCUT2D eigenvalue weighted by atomic mass is 10.1. The fraction of sp³-hybridized carbons (Fsp3) is 0.0833. The molecule has 0 spiro atoms. The van der Waals surface area contributed by atoms with E-state index in [0.29, 0.717) is 15.7 Å². The first-order valence-electron chi connectivity index (χ1n) is 4.73. The molecule has 0 unspecified atom stereocenters. The third kappa shape index (κ3) is 2.35. The molecular formula is C12H9Cl2NO. The van der Waals surface area contributed by atoms with Crippen molar-refractivity contribution >= 4 is 23.2 Å². The van der Waals surface area contributed by atoms with Crippen LogP contribution in [-0.2, 0) is 6.61 Å². The number of nitrogens with zero attached hydrogens (tertiary/aromatic N) is 1. The van der Waals surface area contributed by atoms with Gasteiger partial charge in [0, 0.05) is 16.1 Å². The van der Waals surface area contributed by atoms with Crippen LogP contribution in [0.1, 0.15) is 5.56 Å². The highest BCUT2D eigenvalue weighted by atomic mass is 35.5. The average molecular weight is 254 g/mol. The molecule has 0 atom stereocenters. The van der Waals surface area contributed by atoms with Crippen LogP contribution in [0.2, 0.25) is 10.2 Å². The third-order valence-corrected chi connectivity index (χ3v) is 2.82. The van der Waals surface area contributed by atoms with Gasteiger partial charge in [0.2, 0.25) is 0 Å². The quantitative estimate of drug-likeness (QED) is 0.831. The Labute approximate surface area is 103 Å². The van der Waals surface area contributed by atoms with Crippen molar-refractivity contribution < 1.29 is 5.11 Å². The van der Waals surface area contributed by atoms with Gasteiger partial charge in [-0.1, -0.05) is 41.4 Å². The molecule has 1 aromatic heterocycles. The van der Waals surface area contributed by atoms with Crippen molar-refractivity contribution in [2.45, 2.75) is 6.61 Å². The van der Waals surface area contributed by atoms with Crippen LogP contribution in [-0.4, -0.2) is 10.1 Å². The number of pyridine rings is 1. The minimum absolute atomic E-state index is 0.104. The summed E-state index contributed by atoms with van der Waals surface area (Å²) in [5.41, 5.74) is 2.33. The molecule has 0 radical (unpaired) electrons. The zero-order chi connectivity index (χ0) is 11.5. The lowest BCUT2D eigenvalue weighted by Gasteiger charge is -2.04. The summed E-state index contributed by atoms with van der Waals surface area (Å²) in [7, 11) is 0. The van der Waals surface area contributed by atoms with Crippen LogP contribution in [0.25, 0.3) is 11.3 Å². The smallest absolute Gasteiger partial charge is 0.135 e. The van der Waals surface area contributed by atoms with Crippen LogP contribution in [0.15, 0.2) is 36.4 Å². The summed E-state index contributed by atoms with van der Waals surface area (Å²) in [5.74, 6) is 0. The second kappa shape index (κ2) is 4.83. The van der Waals surface area contributed by atoms with Gasteiger partial charge in [0.1, 0.15) is 5.15 Å². The summed E-state index contributed by atoms with van der Waals surface area (Å²) >= 11 is 11.7. The zero-order valence-corrected chi connectivity index (χ0v) is 9.83. The fourth-order valence-corrected chi connectivity index (χ4v) is 1.70. The van der Waals surface area contributed by atoms with E-state index < -0.39 is 0 Å². The van der Waals surface area contributed by atoms with Gasteiger partial charge in [0.25, 0.3) is 0 Å². The van der Waals surface area contributed by atoms with E-state index in [-0.39, 0.29) is 6.61 Å². The summed E-state index contributed by atoms with van der Waals surface area (Å²) in [6.07, 6.45) is 0. The molecule has 0 saturated heterocycles. The highest BCUT2D eigenvalue weighted by molar-refractivity contribution is 6.30. The van der Waals surface area contributed by atoms with Gasteiger partial charge in [0.15, 0.2) is 0 Å². The number of halogens is 2. The summed E-state index contributed by atoms with van der Waals surface area (Å²) in [6.45, 7) is -0.104. The Balaban J connectivity index is 2.41. The lowest BCUT2D eigenvalue weighted by molar-refractivity contribution is 0.281. The summed E-state index contributed by atoms with van der Waals surface area (Å²) in [6, 6.07) is 10.9. The largest absolute Gasteiger partial charge is 0.392 e. The molecule has 0 saturated carbocycles. The van der Waals surface area contributed by atoms with Gasteiger partial charge >= 0.3 is 0 Å². The molecule has 2 aromatic rings. The molecule has 0 bridgehead atoms. The number of aliphatic hydroxyl groups excluding tert-OH is 1. The normalized spacial score (nSPS) is 10.4. The highest BCUT2D eigenvalue weighted by Crippen LogP contribution is 2.23. The second-order valence-corrected chi connectivity index (χ2v) is 4.11. The number of aromatic nitrogens is 1. The predicted molar refractivity (Wildman–Crippen MR) is 65.6 cm³/mol. The molecule has 1 N–H and O–H groups in total. The zero-order valence-electron chi connectivity index (χ0n) is 8.32. The van der Waals surface area contributed by atoms with E-state index in [1.165, 1.54) is 0 Å². The summed E-state index contributed by atoms with van der Waals surface area (Å²) in [4.78, 5) is 4.21. The molecule has 0 aliphatic rings. The molecule has 0 fully saturated rings. The van der Waals surface area contributed by atoms with Crippen molar-refractivity contribution in [3.8, 4) is 11.3 Å². The van der Waals surface area contributed by atoms with E-state index in [1.54, 1.807) is 18.2 Å². The molecule has 0 aliphatic carbocycles. The number of rotatable bonds is 2. The highest BCUT2D eigenvalue weighted by Gasteiger charge is 2.04. The van der Waals surface area contributed by atoms with E-state index in [9.17, 15) is 0 Å². The van der Waals surface area contributed by atoms with Crippen molar-refractivity contribution in [2.24, 2.45) is 0 Å². The van der Waals surface area contributed by atoms with Crippen LogP contribution < -0.4 is 0 Å². The van der Waals surface area contributed by atoms with Crippen LogP contribution in [0.4, 0.5) is 0 Å². The SMILES string of the molecule is OCc1ccc(-c2ccc(Cl)cc2)nc1Cl. The minimum atomic E-state index is -0.104. The Bertz CT molecular complexity index is 497. The van der Waals surface area contributed by atoms with E-state index in [4.69, 9.17) is 28.3 Å². The first kappa shape index (κ1) is 11.4. The third-order valence-electron chi connectivity index (χ3n) is 2.24. The number of hydrogen-bond acceptors (Lipinski definition) is 2. The molecule has 0 aliphatic heterocycles. The van der Waals surface area contributed by atoms with Gasteiger partial charge in [-0.3, -0.25) is 0 Å². The maximum Gasteiger partial charge on any atom is 0.135 e. The monoisotopic (exact) mass is 253 g/mol. The van der Waals surface area contributed by atoms with Crippen LogP contribution in [0.3, 0.4) is 0 Å². The van der Waals surface area contributed by atoms with Crippen LogP contribution in [0, 0.1) is 0 Å². The average Bonchev–Trinajstić information content (AvgIpc) is 2.30. The standard InChI is InChI=1S/C12H9Cl2NO/c13-10-4-1-8(2-5-10)11-6-3-9(7-16)12(14)15-11/h1-6,16H,7H2. The molecule has 2 rings (SSSR count). The van der Waals surface area contributed by atoms with Crippen molar-refractivity contribution in [3.63, 3.8) is 0 Å². The van der Waals surface area contributed by atoms with Crippen molar-refractivity contribution in [1.82, 2.24) is 4.98 Å². The summed E-state index contributed by atoms with van der Waals surface area (Å²) < 4.78 is 0. The van der Waals surface area contributed by atoms with Crippen molar-refractivity contribution in [1.29, 1.82) is 0 Å². The van der Waals surface area contributed by atoms with E-state index in [0.717, 1.165) is 11.3 Å². The Hall–Kier alpha value is -1.09. The maximum atomic E-state index is 8.97. The Morgan fingerprint density at radius 1 is 1.00 bits per heavy atom. The molecule has 82 valence electrons. The number of aliphatic hydroxyl groups is 1. The van der Waals surface area contributed by atoms with Gasteiger partial charge in [-0.15, -0.1) is 0 Å². The first-order valence-corrected chi connectivity index (χ1v) is 5.48. The topological polar surface area (TPSA) is 33.1 Å². The first-order chi connectivity index (χ1) is 7.70. The number of benzene rings is 1. The fourth-order valence-electron chi connectivity index (χ4n) is 1.36. The van der Waals surface area contributed by atoms with Crippen molar-refractivity contribution in [2.75, 3.05) is 0 Å². The van der Waals surface area contributed by atoms with E-state index in [1.807, 2.05) is 18.2 Å².